The first kappa shape index (κ1) is 13.2. The Hall–Kier alpha value is -1.27. The lowest BCUT2D eigenvalue weighted by Crippen LogP contribution is -2.02. The molecule has 1 N–H and O–H groups in total. The molecule has 3 nitrogen and oxygen atoms in total. The average molecular weight is 335 g/mol. The van der Waals surface area contributed by atoms with E-state index in [9.17, 15) is 8.78 Å². The summed E-state index contributed by atoms with van der Waals surface area (Å²) in [4.78, 5) is 7.63. The van der Waals surface area contributed by atoms with Crippen LogP contribution in [0.15, 0.2) is 22.8 Å². The maximum absolute atomic E-state index is 13.6. The quantitative estimate of drug-likeness (QED) is 0.836. The van der Waals surface area contributed by atoms with Crippen molar-refractivity contribution in [2.45, 2.75) is 6.92 Å². The van der Waals surface area contributed by atoms with Gasteiger partial charge in [0.15, 0.2) is 11.6 Å². The zero-order valence-electron chi connectivity index (χ0n) is 9.14. The fourth-order valence-corrected chi connectivity index (χ4v) is 1.86. The molecule has 2 rings (SSSR count). The largest absolute Gasteiger partial charge is 0.335 e. The second-order valence-corrected chi connectivity index (χ2v) is 4.79. The zero-order valence-corrected chi connectivity index (χ0v) is 11.5. The molecular weight excluding hydrogens is 327 g/mol. The van der Waals surface area contributed by atoms with E-state index in [1.807, 2.05) is 0 Å². The fraction of sp³-hybridized carbons (Fsp3) is 0.0909. The Balaban J connectivity index is 2.43. The molecule has 0 spiro atoms. The van der Waals surface area contributed by atoms with Gasteiger partial charge in [-0.1, -0.05) is 15.9 Å². The summed E-state index contributed by atoms with van der Waals surface area (Å²) < 4.78 is 27.6. The van der Waals surface area contributed by atoms with E-state index in [4.69, 9.17) is 11.6 Å². The molecule has 0 unspecified atom stereocenters. The van der Waals surface area contributed by atoms with Crippen LogP contribution in [0.25, 0.3) is 0 Å². The summed E-state index contributed by atoms with van der Waals surface area (Å²) in [6.07, 6.45) is 1.46. The van der Waals surface area contributed by atoms with Gasteiger partial charge in [0.05, 0.1) is 0 Å². The molecule has 0 radical (unpaired) electrons. The van der Waals surface area contributed by atoms with Crippen LogP contribution in [0, 0.1) is 18.6 Å². The molecule has 1 aromatic carbocycles. The molecule has 0 aliphatic carbocycles. The molecule has 94 valence electrons. The van der Waals surface area contributed by atoms with E-state index in [1.165, 1.54) is 6.20 Å². The molecule has 1 heterocycles. The number of aryl methyl sites for hydroxylation is 1. The number of hydrogen-bond donors (Lipinski definition) is 1. The van der Waals surface area contributed by atoms with Crippen LogP contribution in [0.3, 0.4) is 0 Å². The number of benzene rings is 1. The van der Waals surface area contributed by atoms with Crippen LogP contribution in [-0.4, -0.2) is 9.97 Å². The van der Waals surface area contributed by atoms with Crippen molar-refractivity contribution in [1.82, 2.24) is 9.97 Å². The third-order valence-corrected chi connectivity index (χ3v) is 2.83. The van der Waals surface area contributed by atoms with Gasteiger partial charge in [-0.05, 0) is 30.7 Å². The van der Waals surface area contributed by atoms with E-state index in [2.05, 4.69) is 31.2 Å². The van der Waals surface area contributed by atoms with Crippen molar-refractivity contribution in [1.29, 1.82) is 0 Å². The summed E-state index contributed by atoms with van der Waals surface area (Å²) in [5.41, 5.74) is 0.345. The van der Waals surface area contributed by atoms with Crippen molar-refractivity contribution in [3.8, 4) is 0 Å². The minimum Gasteiger partial charge on any atom is -0.335 e. The minimum atomic E-state index is -0.726. The minimum absolute atomic E-state index is 0.000952. The number of anilines is 2. The number of aromatic nitrogens is 2. The van der Waals surface area contributed by atoms with Crippen LogP contribution in [0.4, 0.5) is 20.3 Å². The lowest BCUT2D eigenvalue weighted by atomic mass is 10.2. The van der Waals surface area contributed by atoms with Gasteiger partial charge >= 0.3 is 0 Å². The highest BCUT2D eigenvalue weighted by atomic mass is 79.9. The van der Waals surface area contributed by atoms with Gasteiger partial charge in [-0.25, -0.2) is 18.7 Å². The third kappa shape index (κ3) is 2.76. The Morgan fingerprint density at radius 1 is 1.28 bits per heavy atom. The first-order valence-corrected chi connectivity index (χ1v) is 6.05. The first-order chi connectivity index (χ1) is 8.47. The smallest absolute Gasteiger partial charge is 0.224 e. The summed E-state index contributed by atoms with van der Waals surface area (Å²) in [7, 11) is 0. The van der Waals surface area contributed by atoms with Crippen molar-refractivity contribution in [2.75, 3.05) is 5.32 Å². The normalized spacial score (nSPS) is 10.5. The van der Waals surface area contributed by atoms with Crippen molar-refractivity contribution in [3.63, 3.8) is 0 Å². The van der Waals surface area contributed by atoms with Crippen LogP contribution in [0.1, 0.15) is 5.56 Å². The van der Waals surface area contributed by atoms with Crippen LogP contribution in [-0.2, 0) is 0 Å². The van der Waals surface area contributed by atoms with Crippen LogP contribution < -0.4 is 5.32 Å². The maximum atomic E-state index is 13.6. The van der Waals surface area contributed by atoms with Gasteiger partial charge in [0.1, 0.15) is 11.5 Å². The van der Waals surface area contributed by atoms with Gasteiger partial charge in [-0.2, -0.15) is 0 Å². The van der Waals surface area contributed by atoms with Gasteiger partial charge in [0.25, 0.3) is 0 Å². The van der Waals surface area contributed by atoms with E-state index in [0.29, 0.717) is 10.0 Å². The van der Waals surface area contributed by atoms with E-state index in [-0.39, 0.29) is 16.8 Å². The van der Waals surface area contributed by atoms with Gasteiger partial charge < -0.3 is 5.32 Å². The summed E-state index contributed by atoms with van der Waals surface area (Å²) in [6.45, 7) is 1.70. The average Bonchev–Trinajstić information content (AvgIpc) is 2.28. The van der Waals surface area contributed by atoms with Gasteiger partial charge in [-0.3, -0.25) is 0 Å². The molecule has 0 aliphatic heterocycles. The molecule has 0 saturated carbocycles. The Labute approximate surface area is 115 Å². The van der Waals surface area contributed by atoms with Crippen molar-refractivity contribution < 1.29 is 8.78 Å². The molecule has 2 aromatic rings. The fourth-order valence-electron chi connectivity index (χ4n) is 1.33. The topological polar surface area (TPSA) is 37.8 Å². The standard InChI is InChI=1S/C11H7BrClF2N3/c1-5-4-16-11(13)18-10(5)17-9-7(14)2-6(12)3-8(9)15/h2-4H,1H3,(H,16,17,18). The van der Waals surface area contributed by atoms with Crippen LogP contribution >= 0.6 is 27.5 Å². The Bertz CT molecular complexity index is 584. The summed E-state index contributed by atoms with van der Waals surface area (Å²) in [5, 5.41) is 2.57. The van der Waals surface area contributed by atoms with Crippen molar-refractivity contribution in [2.24, 2.45) is 0 Å². The van der Waals surface area contributed by atoms with E-state index >= 15 is 0 Å². The molecule has 0 aliphatic rings. The van der Waals surface area contributed by atoms with Crippen LogP contribution in [0.2, 0.25) is 5.28 Å². The highest BCUT2D eigenvalue weighted by Crippen LogP contribution is 2.27. The first-order valence-electron chi connectivity index (χ1n) is 4.88. The maximum Gasteiger partial charge on any atom is 0.224 e. The molecule has 0 fully saturated rings. The Kier molecular flexibility index (Phi) is 3.77. The van der Waals surface area contributed by atoms with Crippen LogP contribution in [0.5, 0.6) is 0 Å². The lowest BCUT2D eigenvalue weighted by Gasteiger charge is -2.10. The number of rotatable bonds is 2. The molecule has 0 bridgehead atoms. The number of nitrogens with one attached hydrogen (secondary N) is 1. The molecule has 7 heteroatoms. The highest BCUT2D eigenvalue weighted by Gasteiger charge is 2.13. The number of hydrogen-bond acceptors (Lipinski definition) is 3. The second-order valence-electron chi connectivity index (χ2n) is 3.54. The predicted molar refractivity (Wildman–Crippen MR) is 69.1 cm³/mol. The zero-order chi connectivity index (χ0) is 13.3. The predicted octanol–water partition coefficient (Wildman–Crippen LogP) is 4.22. The molecule has 0 amide bonds. The SMILES string of the molecule is Cc1cnc(Cl)nc1Nc1c(F)cc(Br)cc1F. The summed E-state index contributed by atoms with van der Waals surface area (Å²) in [5.74, 6) is -1.19. The van der Waals surface area contributed by atoms with E-state index in [1.54, 1.807) is 6.92 Å². The monoisotopic (exact) mass is 333 g/mol. The molecule has 1 aromatic heterocycles. The molecule has 0 saturated heterocycles. The lowest BCUT2D eigenvalue weighted by molar-refractivity contribution is 0.589. The molecular formula is C11H7BrClF2N3. The van der Waals surface area contributed by atoms with Crippen molar-refractivity contribution >= 4 is 39.0 Å². The van der Waals surface area contributed by atoms with Gasteiger partial charge in [0, 0.05) is 16.2 Å². The number of nitrogens with zero attached hydrogens (tertiary/aromatic N) is 2. The van der Waals surface area contributed by atoms with E-state index in [0.717, 1.165) is 12.1 Å². The Morgan fingerprint density at radius 3 is 2.50 bits per heavy atom. The number of halogens is 4. The van der Waals surface area contributed by atoms with Crippen molar-refractivity contribution in [3.05, 3.63) is 45.3 Å². The Morgan fingerprint density at radius 2 is 1.89 bits per heavy atom. The summed E-state index contributed by atoms with van der Waals surface area (Å²) >= 11 is 8.63. The highest BCUT2D eigenvalue weighted by molar-refractivity contribution is 9.10. The summed E-state index contributed by atoms with van der Waals surface area (Å²) in [6, 6.07) is 2.31. The molecule has 18 heavy (non-hydrogen) atoms. The molecule has 0 atom stereocenters. The van der Waals surface area contributed by atoms with E-state index < -0.39 is 11.6 Å². The van der Waals surface area contributed by atoms with Gasteiger partial charge in [-0.15, -0.1) is 0 Å². The third-order valence-electron chi connectivity index (χ3n) is 2.19. The second kappa shape index (κ2) is 5.16. The van der Waals surface area contributed by atoms with Gasteiger partial charge in [0.2, 0.25) is 5.28 Å².